The van der Waals surface area contributed by atoms with E-state index >= 15 is 0 Å². The Bertz CT molecular complexity index is 386. The molecule has 1 aromatic rings. The van der Waals surface area contributed by atoms with Gasteiger partial charge in [-0.2, -0.15) is 0 Å². The molecule has 1 fully saturated rings. The third-order valence-electron chi connectivity index (χ3n) is 2.98. The lowest BCUT2D eigenvalue weighted by molar-refractivity contribution is 0.261. The third kappa shape index (κ3) is 3.69. The summed E-state index contributed by atoms with van der Waals surface area (Å²) in [7, 11) is 2.18. The molecule has 1 aliphatic heterocycles. The van der Waals surface area contributed by atoms with Crippen LogP contribution in [0.3, 0.4) is 0 Å². The van der Waals surface area contributed by atoms with E-state index in [0.29, 0.717) is 6.04 Å². The van der Waals surface area contributed by atoms with Crippen LogP contribution >= 0.6 is 47.8 Å². The quantitative estimate of drug-likeness (QED) is 0.750. The van der Waals surface area contributed by atoms with Crippen LogP contribution in [0, 0.1) is 0 Å². The molecule has 0 radical (unpaired) electrons. The zero-order chi connectivity index (χ0) is 12.4. The van der Waals surface area contributed by atoms with Crippen molar-refractivity contribution in [2.24, 2.45) is 0 Å². The number of likely N-dealkylation sites (tertiary alicyclic amines) is 1. The maximum atomic E-state index is 3.62. The van der Waals surface area contributed by atoms with Crippen LogP contribution in [0.5, 0.6) is 0 Å². The van der Waals surface area contributed by atoms with Crippen LogP contribution in [0.4, 0.5) is 5.69 Å². The summed E-state index contributed by atoms with van der Waals surface area (Å²) in [5.41, 5.74) is 1.15. The van der Waals surface area contributed by atoms with Gasteiger partial charge in [-0.25, -0.2) is 0 Å². The van der Waals surface area contributed by atoms with E-state index in [1.807, 2.05) is 0 Å². The van der Waals surface area contributed by atoms with Crippen molar-refractivity contribution in [1.29, 1.82) is 0 Å². The van der Waals surface area contributed by atoms with Gasteiger partial charge in [0.1, 0.15) is 0 Å². The lowest BCUT2D eigenvalue weighted by Gasteiger charge is -2.31. The van der Waals surface area contributed by atoms with Crippen molar-refractivity contribution in [3.8, 4) is 0 Å². The molecule has 1 unspecified atom stereocenters. The molecule has 0 bridgehead atoms. The summed E-state index contributed by atoms with van der Waals surface area (Å²) in [6.07, 6.45) is 2.50. The average Bonchev–Trinajstić information content (AvgIpc) is 2.23. The number of rotatable bonds is 2. The fourth-order valence-electron chi connectivity index (χ4n) is 2.17. The van der Waals surface area contributed by atoms with E-state index in [2.05, 4.69) is 77.2 Å². The topological polar surface area (TPSA) is 15.3 Å². The number of anilines is 1. The fourth-order valence-corrected chi connectivity index (χ4v) is 4.66. The number of hydrogen-bond donors (Lipinski definition) is 1. The highest BCUT2D eigenvalue weighted by atomic mass is 79.9. The monoisotopic (exact) mass is 424 g/mol. The van der Waals surface area contributed by atoms with Crippen LogP contribution in [0.2, 0.25) is 0 Å². The van der Waals surface area contributed by atoms with Crippen molar-refractivity contribution in [1.82, 2.24) is 4.90 Å². The van der Waals surface area contributed by atoms with E-state index in [-0.39, 0.29) is 0 Å². The molecular weight excluding hydrogens is 412 g/mol. The van der Waals surface area contributed by atoms with Crippen LogP contribution in [0.15, 0.2) is 25.6 Å². The molecule has 0 saturated carbocycles. The van der Waals surface area contributed by atoms with Crippen LogP contribution in [-0.4, -0.2) is 31.1 Å². The summed E-state index contributed by atoms with van der Waals surface area (Å²) >= 11 is 10.7. The smallest absolute Gasteiger partial charge is 0.0632 e. The maximum absolute atomic E-state index is 3.62. The van der Waals surface area contributed by atoms with Gasteiger partial charge in [0.15, 0.2) is 0 Å². The Labute approximate surface area is 128 Å². The molecule has 1 N–H and O–H groups in total. The molecule has 0 aromatic heterocycles. The summed E-state index contributed by atoms with van der Waals surface area (Å²) in [4.78, 5) is 2.38. The number of hydrogen-bond acceptors (Lipinski definition) is 2. The van der Waals surface area contributed by atoms with Crippen LogP contribution in [0.1, 0.15) is 12.8 Å². The third-order valence-corrected chi connectivity index (χ3v) is 4.69. The molecule has 0 amide bonds. The summed E-state index contributed by atoms with van der Waals surface area (Å²) in [5, 5.41) is 3.62. The Hall–Kier alpha value is 0.420. The summed E-state index contributed by atoms with van der Waals surface area (Å²) < 4.78 is 3.25. The van der Waals surface area contributed by atoms with Gasteiger partial charge in [-0.15, -0.1) is 0 Å². The first-order chi connectivity index (χ1) is 8.06. The first-order valence-electron chi connectivity index (χ1n) is 5.66. The minimum atomic E-state index is 0.530. The number of nitrogens with one attached hydrogen (secondary N) is 1. The van der Waals surface area contributed by atoms with Gasteiger partial charge in [0.05, 0.1) is 5.69 Å². The Morgan fingerprint density at radius 2 is 1.88 bits per heavy atom. The average molecular weight is 427 g/mol. The molecule has 0 aliphatic carbocycles. The lowest BCUT2D eigenvalue weighted by Crippen LogP contribution is -2.39. The van der Waals surface area contributed by atoms with Gasteiger partial charge < -0.3 is 10.2 Å². The van der Waals surface area contributed by atoms with E-state index in [1.165, 1.54) is 19.4 Å². The minimum Gasteiger partial charge on any atom is -0.379 e. The molecule has 94 valence electrons. The molecule has 0 spiro atoms. The van der Waals surface area contributed by atoms with Crippen molar-refractivity contribution in [2.45, 2.75) is 18.9 Å². The van der Waals surface area contributed by atoms with Crippen molar-refractivity contribution < 1.29 is 0 Å². The van der Waals surface area contributed by atoms with Gasteiger partial charge in [-0.3, -0.25) is 0 Å². The van der Waals surface area contributed by atoms with Crippen molar-refractivity contribution in [3.63, 3.8) is 0 Å². The fraction of sp³-hybridized carbons (Fsp3) is 0.500. The largest absolute Gasteiger partial charge is 0.379 e. The second-order valence-corrected chi connectivity index (χ2v) is 7.11. The van der Waals surface area contributed by atoms with Crippen LogP contribution < -0.4 is 5.32 Å². The second-order valence-electron chi connectivity index (χ2n) is 4.49. The van der Waals surface area contributed by atoms with Gasteiger partial charge in [0.2, 0.25) is 0 Å². The predicted octanol–water partition coefficient (Wildman–Crippen LogP) is 4.48. The van der Waals surface area contributed by atoms with Crippen LogP contribution in [0.25, 0.3) is 0 Å². The molecule has 1 aromatic carbocycles. The normalized spacial score (nSPS) is 21.5. The number of piperidine rings is 1. The molecule has 5 heteroatoms. The second kappa shape index (κ2) is 6.04. The SMILES string of the molecule is CN1CCCC(Nc2c(Br)cc(Br)cc2Br)C1. The molecule has 1 atom stereocenters. The Morgan fingerprint density at radius 3 is 2.47 bits per heavy atom. The van der Waals surface area contributed by atoms with Crippen LogP contribution in [-0.2, 0) is 0 Å². The molecule has 1 saturated heterocycles. The number of likely N-dealkylation sites (N-methyl/N-ethyl adjacent to an activating group) is 1. The lowest BCUT2D eigenvalue weighted by atomic mass is 10.1. The maximum Gasteiger partial charge on any atom is 0.0632 e. The van der Waals surface area contributed by atoms with Crippen molar-refractivity contribution >= 4 is 53.5 Å². The number of halogens is 3. The first kappa shape index (κ1) is 13.8. The van der Waals surface area contributed by atoms with E-state index < -0.39 is 0 Å². The van der Waals surface area contributed by atoms with Crippen molar-refractivity contribution in [3.05, 3.63) is 25.6 Å². The van der Waals surface area contributed by atoms with Crippen molar-refractivity contribution in [2.75, 3.05) is 25.5 Å². The summed E-state index contributed by atoms with van der Waals surface area (Å²) in [6.45, 7) is 2.32. The first-order valence-corrected chi connectivity index (χ1v) is 8.04. The number of nitrogens with zero attached hydrogens (tertiary/aromatic N) is 1. The molecule has 17 heavy (non-hydrogen) atoms. The highest BCUT2D eigenvalue weighted by molar-refractivity contribution is 9.11. The zero-order valence-electron chi connectivity index (χ0n) is 9.64. The molecule has 2 rings (SSSR count). The summed E-state index contributed by atoms with van der Waals surface area (Å²) in [6, 6.07) is 4.67. The van der Waals surface area contributed by atoms with Gasteiger partial charge in [-0.1, -0.05) is 15.9 Å². The molecular formula is C12H15Br3N2. The Morgan fingerprint density at radius 1 is 1.24 bits per heavy atom. The minimum absolute atomic E-state index is 0.530. The molecule has 1 heterocycles. The molecule has 1 aliphatic rings. The van der Waals surface area contributed by atoms with E-state index in [1.54, 1.807) is 0 Å². The van der Waals surface area contributed by atoms with Gasteiger partial charge in [0.25, 0.3) is 0 Å². The highest BCUT2D eigenvalue weighted by Crippen LogP contribution is 2.35. The zero-order valence-corrected chi connectivity index (χ0v) is 14.4. The standard InChI is InChI=1S/C12H15Br3N2/c1-17-4-2-3-9(7-17)16-12-10(14)5-8(13)6-11(12)15/h5-6,9,16H,2-4,7H2,1H3. The Kier molecular flexibility index (Phi) is 4.92. The van der Waals surface area contributed by atoms with Gasteiger partial charge >= 0.3 is 0 Å². The van der Waals surface area contributed by atoms with E-state index in [9.17, 15) is 0 Å². The highest BCUT2D eigenvalue weighted by Gasteiger charge is 2.18. The van der Waals surface area contributed by atoms with Gasteiger partial charge in [-0.05, 0) is 70.4 Å². The predicted molar refractivity (Wildman–Crippen MR) is 83.7 cm³/mol. The van der Waals surface area contributed by atoms with E-state index in [0.717, 1.165) is 25.7 Å². The van der Waals surface area contributed by atoms with E-state index in [4.69, 9.17) is 0 Å². The number of benzene rings is 1. The van der Waals surface area contributed by atoms with Gasteiger partial charge in [0, 0.05) is 26.0 Å². The molecule has 2 nitrogen and oxygen atoms in total. The Balaban J connectivity index is 2.12. The summed E-state index contributed by atoms with van der Waals surface area (Å²) in [5.74, 6) is 0.